The average molecular weight is 419 g/mol. The van der Waals surface area contributed by atoms with Crippen LogP contribution in [0.4, 0.5) is 0 Å². The third-order valence-corrected chi connectivity index (χ3v) is 0.516. The van der Waals surface area contributed by atoms with E-state index in [9.17, 15) is 0 Å². The van der Waals surface area contributed by atoms with E-state index in [4.69, 9.17) is 60.0 Å². The molecule has 132 valence electrons. The molecular weight excluding hydrogens is 403 g/mol. The molecule has 0 saturated carbocycles. The second kappa shape index (κ2) is 37.0. The van der Waals surface area contributed by atoms with Crippen LogP contribution in [0.15, 0.2) is 13.2 Å². The van der Waals surface area contributed by atoms with Gasteiger partial charge < -0.3 is 60.0 Å². The Kier molecular flexibility index (Phi) is 60.4. The van der Waals surface area contributed by atoms with Gasteiger partial charge in [-0.05, 0) is 0 Å². The summed E-state index contributed by atoms with van der Waals surface area (Å²) in [5.41, 5.74) is 0. The zero-order valence-electron chi connectivity index (χ0n) is 11.8. The number of carbonyl (C=O) groups excluding carboxylic acids is 4. The molecule has 12 nitrogen and oxygen atoms in total. The van der Waals surface area contributed by atoms with E-state index >= 15 is 0 Å². The number of rotatable bonds is 4. The van der Waals surface area contributed by atoms with E-state index in [1.807, 2.05) is 0 Å². The molecule has 13 heteroatoms. The van der Waals surface area contributed by atoms with Crippen LogP contribution < -0.4 is 20.4 Å². The molecule has 0 radical (unpaired) electrons. The minimum absolute atomic E-state index is 0. The molecule has 0 heterocycles. The van der Waals surface area contributed by atoms with Crippen molar-refractivity contribution in [2.24, 2.45) is 0 Å². The zero-order chi connectivity index (χ0) is 19.1. The van der Waals surface area contributed by atoms with Gasteiger partial charge in [-0.15, -0.1) is 13.2 Å². The fourth-order valence-corrected chi connectivity index (χ4v) is 0. The number of aliphatic hydroxyl groups is 4. The van der Waals surface area contributed by atoms with Gasteiger partial charge in [-0.25, -0.2) is 0 Å². The van der Waals surface area contributed by atoms with Gasteiger partial charge >= 0.3 is 26.2 Å². The van der Waals surface area contributed by atoms with E-state index in [1.54, 1.807) is 0 Å². The summed E-state index contributed by atoms with van der Waals surface area (Å²) in [6.07, 6.45) is 0. The number of aliphatic hydroxyl groups excluding tert-OH is 4. The smallest absolute Gasteiger partial charge is 0.548 e. The van der Waals surface area contributed by atoms with Crippen LogP contribution in [0.2, 0.25) is 0 Å². The first-order valence-corrected chi connectivity index (χ1v) is 4.81. The summed E-state index contributed by atoms with van der Waals surface area (Å²) in [4.78, 5) is 36.0. The summed E-state index contributed by atoms with van der Waals surface area (Å²) in [5.74, 6) is -5.76. The summed E-state index contributed by atoms with van der Waals surface area (Å²) in [6.45, 7) is 2.44. The second-order valence-electron chi connectivity index (χ2n) is 2.12. The normalized spacial score (nSPS) is 6.61. The van der Waals surface area contributed by atoms with Crippen LogP contribution in [-0.4, -0.2) is 70.7 Å². The number of carbonyl (C=O) groups is 4. The Labute approximate surface area is 150 Å². The molecule has 0 fully saturated rings. The molecule has 0 amide bonds. The van der Waals surface area contributed by atoms with Crippen molar-refractivity contribution in [2.75, 3.05) is 26.4 Å². The molecule has 4 N–H and O–H groups in total. The van der Waals surface area contributed by atoms with Gasteiger partial charge in [0.05, 0.1) is 50.3 Å². The largest absolute Gasteiger partial charge is 4.00 e. The van der Waals surface area contributed by atoms with Crippen molar-refractivity contribution >= 4 is 23.9 Å². The number of hydrogen-bond acceptors (Lipinski definition) is 12. The first-order valence-electron chi connectivity index (χ1n) is 4.81. The Morgan fingerprint density at radius 3 is 0.609 bits per heavy atom. The van der Waals surface area contributed by atoms with Crippen molar-refractivity contribution < 1.29 is 86.2 Å². The molecule has 0 rings (SSSR count). The number of aliphatic carboxylic acids is 4. The van der Waals surface area contributed by atoms with Crippen LogP contribution in [0.1, 0.15) is 0 Å². The summed E-state index contributed by atoms with van der Waals surface area (Å²) in [7, 11) is 0. The maximum Gasteiger partial charge on any atom is 4.00 e. The SMILES string of the molecule is C=C.O=C([O-])CO.O=C([O-])CO.O=C([O-])CO.O=C([O-])CO.[Zr+4]. The molecule has 0 saturated heterocycles. The predicted molar refractivity (Wildman–Crippen MR) is 59.6 cm³/mol. The van der Waals surface area contributed by atoms with E-state index in [1.165, 1.54) is 0 Å². The van der Waals surface area contributed by atoms with Crippen molar-refractivity contribution in [1.29, 1.82) is 0 Å². The van der Waals surface area contributed by atoms with Gasteiger partial charge in [0.2, 0.25) is 0 Å². The van der Waals surface area contributed by atoms with E-state index in [0.717, 1.165) is 0 Å². The van der Waals surface area contributed by atoms with E-state index in [2.05, 4.69) is 13.2 Å². The fraction of sp³-hybridized carbons (Fsp3) is 0.400. The molecule has 0 aliphatic rings. The maximum atomic E-state index is 9.01. The first-order chi connectivity index (χ1) is 10.1. The standard InChI is InChI=1S/4C2H4O3.C2H4.Zr/c4*3-1-2(4)5;1-2;/h4*3H,1H2,(H,4,5);1-2H2;/q;;;;;+4/p-4. The summed E-state index contributed by atoms with van der Waals surface area (Å²) >= 11 is 0. The van der Waals surface area contributed by atoms with Crippen LogP contribution in [0, 0.1) is 0 Å². The Morgan fingerprint density at radius 1 is 0.565 bits per heavy atom. The number of hydrogen-bond donors (Lipinski definition) is 4. The average Bonchev–Trinajstić information content (AvgIpc) is 2.50. The monoisotopic (exact) mass is 418 g/mol. The quantitative estimate of drug-likeness (QED) is 0.310. The van der Waals surface area contributed by atoms with E-state index in [-0.39, 0.29) is 26.2 Å². The first kappa shape index (κ1) is 37.5. The third kappa shape index (κ3) is 170. The molecule has 0 aromatic heterocycles. The van der Waals surface area contributed by atoms with Gasteiger partial charge in [0, 0.05) is 0 Å². The van der Waals surface area contributed by atoms with Crippen LogP contribution in [-0.2, 0) is 45.4 Å². The van der Waals surface area contributed by atoms with Gasteiger partial charge in [-0.1, -0.05) is 0 Å². The van der Waals surface area contributed by atoms with Gasteiger partial charge in [0.1, 0.15) is 0 Å². The minimum atomic E-state index is -1.44. The zero-order valence-corrected chi connectivity index (χ0v) is 14.3. The fourth-order valence-electron chi connectivity index (χ4n) is 0. The molecule has 0 aliphatic carbocycles. The maximum absolute atomic E-state index is 9.01. The Morgan fingerprint density at radius 2 is 0.609 bits per heavy atom. The Hall–Kier alpha value is -1.66. The Bertz CT molecular complexity index is 238. The summed E-state index contributed by atoms with van der Waals surface area (Å²) in [5, 5.41) is 66.0. The number of carboxylic acid groups (broad SMARTS) is 4. The van der Waals surface area contributed by atoms with Gasteiger partial charge in [0.25, 0.3) is 0 Å². The van der Waals surface area contributed by atoms with Crippen LogP contribution in [0.25, 0.3) is 0 Å². The summed E-state index contributed by atoms with van der Waals surface area (Å²) in [6, 6.07) is 0. The molecular formula is C10H16O12Zr. The van der Waals surface area contributed by atoms with Gasteiger partial charge in [0.15, 0.2) is 0 Å². The third-order valence-electron chi connectivity index (χ3n) is 0.516. The van der Waals surface area contributed by atoms with Crippen molar-refractivity contribution in [1.82, 2.24) is 0 Å². The topological polar surface area (TPSA) is 241 Å². The molecule has 0 aliphatic heterocycles. The minimum Gasteiger partial charge on any atom is -0.548 e. The molecule has 0 aromatic rings. The van der Waals surface area contributed by atoms with E-state index < -0.39 is 50.3 Å². The van der Waals surface area contributed by atoms with Crippen LogP contribution in [0.3, 0.4) is 0 Å². The molecule has 23 heavy (non-hydrogen) atoms. The van der Waals surface area contributed by atoms with Crippen LogP contribution >= 0.6 is 0 Å². The number of carboxylic acids is 4. The molecule has 0 atom stereocenters. The molecule has 0 bridgehead atoms. The Balaban J connectivity index is -0.0000000398. The predicted octanol–water partition coefficient (Wildman–Crippen LogP) is -8.29. The second-order valence-corrected chi connectivity index (χ2v) is 2.12. The molecule has 0 unspecified atom stereocenters. The van der Waals surface area contributed by atoms with Crippen molar-refractivity contribution in [3.63, 3.8) is 0 Å². The summed E-state index contributed by atoms with van der Waals surface area (Å²) < 4.78 is 0. The van der Waals surface area contributed by atoms with E-state index in [0.29, 0.717) is 0 Å². The molecule has 0 aromatic carbocycles. The van der Waals surface area contributed by atoms with Gasteiger partial charge in [-0.2, -0.15) is 0 Å². The van der Waals surface area contributed by atoms with Crippen LogP contribution in [0.5, 0.6) is 0 Å². The van der Waals surface area contributed by atoms with Gasteiger partial charge in [-0.3, -0.25) is 0 Å². The van der Waals surface area contributed by atoms with Crippen molar-refractivity contribution in [3.8, 4) is 0 Å². The molecule has 0 spiro atoms. The van der Waals surface area contributed by atoms with Crippen molar-refractivity contribution in [3.05, 3.63) is 13.2 Å². The van der Waals surface area contributed by atoms with Crippen molar-refractivity contribution in [2.45, 2.75) is 0 Å².